The van der Waals surface area contributed by atoms with Gasteiger partial charge in [0.2, 0.25) is 0 Å². The first-order valence-electron chi connectivity index (χ1n) is 12.7. The topological polar surface area (TPSA) is 70.6 Å². The van der Waals surface area contributed by atoms with Crippen LogP contribution in [0.4, 0.5) is 0 Å². The van der Waals surface area contributed by atoms with Crippen molar-refractivity contribution in [2.45, 2.75) is 23.5 Å². The van der Waals surface area contributed by atoms with Crippen LogP contribution in [0.5, 0.6) is 0 Å². The van der Waals surface area contributed by atoms with Crippen molar-refractivity contribution in [1.29, 1.82) is 0 Å². The number of benzene rings is 3. The number of pyridine rings is 1. The van der Waals surface area contributed by atoms with Crippen molar-refractivity contribution in [1.82, 2.24) is 14.8 Å². The Morgan fingerprint density at radius 1 is 0.784 bits per heavy atom. The summed E-state index contributed by atoms with van der Waals surface area (Å²) in [5.41, 5.74) is 3.05. The highest BCUT2D eigenvalue weighted by Crippen LogP contribution is 2.24. The first-order valence-corrected chi connectivity index (χ1v) is 14.4. The minimum Gasteiger partial charge on any atom is -0.337 e. The molecule has 7 heteroatoms. The lowest BCUT2D eigenvalue weighted by molar-refractivity contribution is 0.0761. The van der Waals surface area contributed by atoms with Gasteiger partial charge in [-0.25, -0.2) is 8.42 Å². The first kappa shape index (κ1) is 25.1. The van der Waals surface area contributed by atoms with Gasteiger partial charge in [0, 0.05) is 43.3 Å². The summed E-state index contributed by atoms with van der Waals surface area (Å²) in [4.78, 5) is 22.0. The van der Waals surface area contributed by atoms with Crippen LogP contribution in [0.25, 0.3) is 10.9 Å². The second kappa shape index (κ2) is 11.2. The number of rotatable bonds is 7. The molecule has 0 radical (unpaired) electrons. The predicted molar refractivity (Wildman–Crippen MR) is 146 cm³/mol. The molecular weight excluding hydrogens is 482 g/mol. The van der Waals surface area contributed by atoms with Gasteiger partial charge in [-0.3, -0.25) is 9.78 Å². The third kappa shape index (κ3) is 6.06. The van der Waals surface area contributed by atoms with Gasteiger partial charge >= 0.3 is 0 Å². The molecule has 0 N–H and O–H groups in total. The Hall–Kier alpha value is -3.55. The Bertz CT molecular complexity index is 1470. The van der Waals surface area contributed by atoms with E-state index in [0.29, 0.717) is 23.2 Å². The highest BCUT2D eigenvalue weighted by Gasteiger charge is 2.22. The molecule has 0 aliphatic carbocycles. The van der Waals surface area contributed by atoms with Gasteiger partial charge in [-0.1, -0.05) is 60.7 Å². The van der Waals surface area contributed by atoms with E-state index in [-0.39, 0.29) is 16.6 Å². The summed E-state index contributed by atoms with van der Waals surface area (Å²) in [5.74, 6) is -0.144. The van der Waals surface area contributed by atoms with E-state index >= 15 is 0 Å². The van der Waals surface area contributed by atoms with Crippen molar-refractivity contribution in [3.8, 4) is 0 Å². The van der Waals surface area contributed by atoms with Crippen LogP contribution in [0, 0.1) is 0 Å². The number of nitrogens with zero attached hydrogens (tertiary/aromatic N) is 3. The summed E-state index contributed by atoms with van der Waals surface area (Å²) < 4.78 is 26.3. The van der Waals surface area contributed by atoms with Gasteiger partial charge < -0.3 is 9.80 Å². The normalized spacial score (nSPS) is 15.0. The molecule has 37 heavy (non-hydrogen) atoms. The largest absolute Gasteiger partial charge is 0.337 e. The molecule has 5 rings (SSSR count). The average molecular weight is 514 g/mol. The molecule has 6 nitrogen and oxygen atoms in total. The van der Waals surface area contributed by atoms with E-state index < -0.39 is 9.84 Å². The molecule has 3 aromatic carbocycles. The van der Waals surface area contributed by atoms with Gasteiger partial charge in [0.25, 0.3) is 5.91 Å². The highest BCUT2D eigenvalue weighted by atomic mass is 32.2. The van der Waals surface area contributed by atoms with Crippen LogP contribution in [-0.4, -0.2) is 61.8 Å². The minimum atomic E-state index is -3.59. The van der Waals surface area contributed by atoms with E-state index in [2.05, 4.69) is 34.1 Å². The molecule has 0 atom stereocenters. The lowest BCUT2D eigenvalue weighted by Gasteiger charge is -2.22. The maximum absolute atomic E-state index is 13.2. The summed E-state index contributed by atoms with van der Waals surface area (Å²) >= 11 is 0. The van der Waals surface area contributed by atoms with Crippen LogP contribution >= 0.6 is 0 Å². The van der Waals surface area contributed by atoms with E-state index in [0.717, 1.165) is 44.4 Å². The van der Waals surface area contributed by atoms with E-state index in [1.54, 1.807) is 48.7 Å². The molecule has 0 spiro atoms. The van der Waals surface area contributed by atoms with Gasteiger partial charge in [-0.15, -0.1) is 0 Å². The van der Waals surface area contributed by atoms with Crippen LogP contribution in [0.1, 0.15) is 27.9 Å². The SMILES string of the molecule is O=C(c1ccc(CS(=O)(=O)c2cccc3cccnc23)cc1)N1CCCN(CCc2ccccc2)CC1. The van der Waals surface area contributed by atoms with Crippen LogP contribution in [-0.2, 0) is 22.0 Å². The van der Waals surface area contributed by atoms with E-state index in [9.17, 15) is 13.2 Å². The van der Waals surface area contributed by atoms with Crippen molar-refractivity contribution >= 4 is 26.6 Å². The van der Waals surface area contributed by atoms with Gasteiger partial charge in [0.1, 0.15) is 0 Å². The van der Waals surface area contributed by atoms with Crippen LogP contribution < -0.4 is 0 Å². The summed E-state index contributed by atoms with van der Waals surface area (Å²) in [6, 6.07) is 26.3. The molecule has 0 unspecified atom stereocenters. The number of fused-ring (bicyclic) bond motifs is 1. The molecule has 0 bridgehead atoms. The Kier molecular flexibility index (Phi) is 7.63. The molecule has 190 valence electrons. The average Bonchev–Trinajstić information content (AvgIpc) is 3.18. The fourth-order valence-corrected chi connectivity index (χ4v) is 6.42. The molecule has 1 fully saturated rings. The maximum atomic E-state index is 13.2. The summed E-state index contributed by atoms with van der Waals surface area (Å²) in [6.45, 7) is 4.24. The van der Waals surface area contributed by atoms with Crippen LogP contribution in [0.3, 0.4) is 0 Å². The molecule has 1 saturated heterocycles. The third-order valence-corrected chi connectivity index (χ3v) is 8.64. The number of sulfone groups is 1. The zero-order valence-corrected chi connectivity index (χ0v) is 21.6. The Morgan fingerprint density at radius 3 is 2.38 bits per heavy atom. The number of amides is 1. The number of carbonyl (C=O) groups is 1. The lowest BCUT2D eigenvalue weighted by atomic mass is 10.1. The van der Waals surface area contributed by atoms with Gasteiger partial charge in [-0.05, 0) is 54.8 Å². The van der Waals surface area contributed by atoms with Crippen LogP contribution in [0.2, 0.25) is 0 Å². The molecule has 4 aromatic rings. The molecule has 1 amide bonds. The number of para-hydroxylation sites is 1. The lowest BCUT2D eigenvalue weighted by Crippen LogP contribution is -2.35. The predicted octanol–water partition coefficient (Wildman–Crippen LogP) is 4.60. The van der Waals surface area contributed by atoms with E-state index in [1.807, 2.05) is 23.1 Å². The summed E-state index contributed by atoms with van der Waals surface area (Å²) in [6.07, 6.45) is 3.55. The smallest absolute Gasteiger partial charge is 0.253 e. The van der Waals surface area contributed by atoms with E-state index in [4.69, 9.17) is 0 Å². The van der Waals surface area contributed by atoms with Crippen molar-refractivity contribution in [3.63, 3.8) is 0 Å². The third-order valence-electron chi connectivity index (χ3n) is 6.92. The summed E-state index contributed by atoms with van der Waals surface area (Å²) in [5, 5.41) is 0.792. The second-order valence-electron chi connectivity index (χ2n) is 9.51. The Morgan fingerprint density at radius 2 is 1.57 bits per heavy atom. The number of carbonyl (C=O) groups excluding carboxylic acids is 1. The highest BCUT2D eigenvalue weighted by molar-refractivity contribution is 7.90. The van der Waals surface area contributed by atoms with Crippen LogP contribution in [0.15, 0.2) is 96.0 Å². The number of aromatic nitrogens is 1. The molecule has 1 aliphatic heterocycles. The van der Waals surface area contributed by atoms with Crippen molar-refractivity contribution in [2.75, 3.05) is 32.7 Å². The molecule has 2 heterocycles. The zero-order chi connectivity index (χ0) is 25.7. The number of hydrogen-bond donors (Lipinski definition) is 0. The Balaban J connectivity index is 1.20. The standard InChI is InChI=1S/C30H31N3O3S/c34-30(33-19-6-18-32(21-22-33)20-16-24-7-2-1-3-8-24)27-14-12-25(13-15-27)23-37(35,36)28-11-4-9-26-10-5-17-31-29(26)28/h1-5,7-15,17H,6,16,18-23H2. The summed E-state index contributed by atoms with van der Waals surface area (Å²) in [7, 11) is -3.59. The van der Waals surface area contributed by atoms with Gasteiger partial charge in [-0.2, -0.15) is 0 Å². The first-order chi connectivity index (χ1) is 18.0. The van der Waals surface area contributed by atoms with Crippen molar-refractivity contribution in [2.24, 2.45) is 0 Å². The minimum absolute atomic E-state index is 0.00225. The molecule has 1 aromatic heterocycles. The second-order valence-corrected chi connectivity index (χ2v) is 11.5. The van der Waals surface area contributed by atoms with E-state index in [1.165, 1.54) is 5.56 Å². The molecule has 0 saturated carbocycles. The maximum Gasteiger partial charge on any atom is 0.253 e. The van der Waals surface area contributed by atoms with Crippen molar-refractivity contribution < 1.29 is 13.2 Å². The van der Waals surface area contributed by atoms with Crippen molar-refractivity contribution in [3.05, 3.63) is 108 Å². The Labute approximate surface area is 218 Å². The quantitative estimate of drug-likeness (QED) is 0.361. The molecular formula is C30H31N3O3S. The fourth-order valence-electron chi connectivity index (χ4n) is 4.88. The zero-order valence-electron chi connectivity index (χ0n) is 20.8. The van der Waals surface area contributed by atoms with Gasteiger partial charge in [0.05, 0.1) is 16.2 Å². The monoisotopic (exact) mass is 513 g/mol. The fraction of sp³-hybridized carbons (Fsp3) is 0.267. The molecule has 1 aliphatic rings. The van der Waals surface area contributed by atoms with Gasteiger partial charge in [0.15, 0.2) is 9.84 Å². The number of hydrogen-bond acceptors (Lipinski definition) is 5.